The van der Waals surface area contributed by atoms with Gasteiger partial charge in [0.1, 0.15) is 25.1 Å². The molecule has 0 saturated carbocycles. The maximum atomic E-state index is 13.5. The highest BCUT2D eigenvalue weighted by Crippen LogP contribution is 2.18. The van der Waals surface area contributed by atoms with Crippen molar-refractivity contribution in [1.82, 2.24) is 0 Å². The van der Waals surface area contributed by atoms with E-state index in [0.29, 0.717) is 12.2 Å². The molecule has 2 aromatic rings. The summed E-state index contributed by atoms with van der Waals surface area (Å²) in [7, 11) is 0. The zero-order valence-electron chi connectivity index (χ0n) is 12.8. The Morgan fingerprint density at radius 2 is 1.83 bits per heavy atom. The number of ether oxygens (including phenoxy) is 2. The van der Waals surface area contributed by atoms with E-state index in [1.54, 1.807) is 36.4 Å². The molecule has 0 fully saturated rings. The van der Waals surface area contributed by atoms with E-state index < -0.39 is 11.9 Å². The smallest absolute Gasteiger partial charge is 0.165 e. The summed E-state index contributed by atoms with van der Waals surface area (Å²) in [5, 5.41) is 18.5. The van der Waals surface area contributed by atoms with Crippen molar-refractivity contribution in [3.05, 3.63) is 59.4 Å². The monoisotopic (exact) mass is 315 g/mol. The molecule has 2 aromatic carbocycles. The molecule has 4 nitrogen and oxygen atoms in total. The summed E-state index contributed by atoms with van der Waals surface area (Å²) in [5.41, 5.74) is 1.78. The Morgan fingerprint density at radius 1 is 1.13 bits per heavy atom. The van der Waals surface area contributed by atoms with Crippen LogP contribution in [0.5, 0.6) is 11.5 Å². The highest BCUT2D eigenvalue weighted by atomic mass is 19.1. The molecule has 1 unspecified atom stereocenters. The molecular weight excluding hydrogens is 297 g/mol. The summed E-state index contributed by atoms with van der Waals surface area (Å²) < 4.78 is 24.2. The summed E-state index contributed by atoms with van der Waals surface area (Å²) in [6, 6.07) is 13.7. The molecule has 1 N–H and O–H groups in total. The van der Waals surface area contributed by atoms with Crippen molar-refractivity contribution < 1.29 is 19.0 Å². The molecule has 0 amide bonds. The lowest BCUT2D eigenvalue weighted by Gasteiger charge is -2.14. The third-order valence-electron chi connectivity index (χ3n) is 3.17. The minimum atomic E-state index is -0.881. The van der Waals surface area contributed by atoms with Crippen molar-refractivity contribution in [3.63, 3.8) is 0 Å². The standard InChI is InChI=1S/C18H18FNO3/c1-13-2-7-17(19)18(10-13)23-12-15(21)11-22-16-5-3-14(4-6-16)8-9-20/h2-7,10,15,21H,8,11-12H2,1H3. The number of nitrogens with zero attached hydrogens (tertiary/aromatic N) is 1. The van der Waals surface area contributed by atoms with Gasteiger partial charge in [-0.2, -0.15) is 5.26 Å². The van der Waals surface area contributed by atoms with Crippen molar-refractivity contribution in [1.29, 1.82) is 5.26 Å². The first-order chi connectivity index (χ1) is 11.1. The van der Waals surface area contributed by atoms with Gasteiger partial charge in [-0.05, 0) is 42.3 Å². The molecule has 120 valence electrons. The summed E-state index contributed by atoms with van der Waals surface area (Å²) >= 11 is 0. The van der Waals surface area contributed by atoms with E-state index >= 15 is 0 Å². The third kappa shape index (κ3) is 5.28. The minimum Gasteiger partial charge on any atom is -0.491 e. The van der Waals surface area contributed by atoms with E-state index in [2.05, 4.69) is 6.07 Å². The molecule has 0 bridgehead atoms. The van der Waals surface area contributed by atoms with Crippen LogP contribution in [0.1, 0.15) is 11.1 Å². The van der Waals surface area contributed by atoms with Gasteiger partial charge in [-0.1, -0.05) is 18.2 Å². The second-order valence-corrected chi connectivity index (χ2v) is 5.19. The molecule has 5 heteroatoms. The average molecular weight is 315 g/mol. The Hall–Kier alpha value is -2.58. The van der Waals surface area contributed by atoms with Crippen molar-refractivity contribution in [2.24, 2.45) is 0 Å². The number of aliphatic hydroxyl groups excluding tert-OH is 1. The van der Waals surface area contributed by atoms with Crippen LogP contribution in [0, 0.1) is 24.1 Å². The molecule has 0 aliphatic rings. The predicted molar refractivity (Wildman–Crippen MR) is 83.9 cm³/mol. The Balaban J connectivity index is 1.79. The summed E-state index contributed by atoms with van der Waals surface area (Å²) in [5.74, 6) is 0.245. The van der Waals surface area contributed by atoms with Crippen LogP contribution < -0.4 is 9.47 Å². The first-order valence-electron chi connectivity index (χ1n) is 7.24. The lowest BCUT2D eigenvalue weighted by Crippen LogP contribution is -2.25. The van der Waals surface area contributed by atoms with E-state index in [0.717, 1.165) is 11.1 Å². The van der Waals surface area contributed by atoms with Crippen LogP contribution in [0.3, 0.4) is 0 Å². The van der Waals surface area contributed by atoms with E-state index in [4.69, 9.17) is 14.7 Å². The molecule has 1 atom stereocenters. The molecule has 0 spiro atoms. The lowest BCUT2D eigenvalue weighted by molar-refractivity contribution is 0.0612. The van der Waals surface area contributed by atoms with Gasteiger partial charge in [0.25, 0.3) is 0 Å². The fourth-order valence-corrected chi connectivity index (χ4v) is 1.94. The van der Waals surface area contributed by atoms with Crippen LogP contribution in [0.4, 0.5) is 4.39 Å². The number of rotatable bonds is 7. The molecule has 0 saturated heterocycles. The van der Waals surface area contributed by atoms with Crippen molar-refractivity contribution >= 4 is 0 Å². The van der Waals surface area contributed by atoms with Gasteiger partial charge < -0.3 is 14.6 Å². The van der Waals surface area contributed by atoms with E-state index in [1.165, 1.54) is 6.07 Å². The Labute approximate surface area is 134 Å². The molecule has 2 rings (SSSR count). The maximum Gasteiger partial charge on any atom is 0.165 e. The highest BCUT2D eigenvalue weighted by Gasteiger charge is 2.09. The zero-order valence-corrected chi connectivity index (χ0v) is 12.8. The number of hydrogen-bond acceptors (Lipinski definition) is 4. The van der Waals surface area contributed by atoms with Crippen LogP contribution in [0.25, 0.3) is 0 Å². The third-order valence-corrected chi connectivity index (χ3v) is 3.17. The van der Waals surface area contributed by atoms with Gasteiger partial charge in [0.2, 0.25) is 0 Å². The lowest BCUT2D eigenvalue weighted by atomic mass is 10.2. The number of aliphatic hydroxyl groups is 1. The Morgan fingerprint density at radius 3 is 2.52 bits per heavy atom. The maximum absolute atomic E-state index is 13.5. The first-order valence-corrected chi connectivity index (χ1v) is 7.24. The largest absolute Gasteiger partial charge is 0.491 e. The molecule has 0 aliphatic carbocycles. The molecular formula is C18H18FNO3. The predicted octanol–water partition coefficient (Wildman–Crippen LogP) is 3.02. The van der Waals surface area contributed by atoms with Crippen LogP contribution in [0.2, 0.25) is 0 Å². The fourth-order valence-electron chi connectivity index (χ4n) is 1.94. The van der Waals surface area contributed by atoms with E-state index in [1.807, 2.05) is 6.92 Å². The fraction of sp³-hybridized carbons (Fsp3) is 0.278. The molecule has 0 heterocycles. The van der Waals surface area contributed by atoms with Crippen molar-refractivity contribution in [3.8, 4) is 17.6 Å². The Bertz CT molecular complexity index is 680. The number of benzene rings is 2. The van der Waals surface area contributed by atoms with Gasteiger partial charge >= 0.3 is 0 Å². The highest BCUT2D eigenvalue weighted by molar-refractivity contribution is 5.30. The van der Waals surface area contributed by atoms with Gasteiger partial charge in [0.15, 0.2) is 11.6 Å². The average Bonchev–Trinajstić information content (AvgIpc) is 2.55. The van der Waals surface area contributed by atoms with Crippen LogP contribution in [-0.4, -0.2) is 24.4 Å². The van der Waals surface area contributed by atoms with Crippen LogP contribution in [-0.2, 0) is 6.42 Å². The number of aryl methyl sites for hydroxylation is 1. The second-order valence-electron chi connectivity index (χ2n) is 5.19. The zero-order chi connectivity index (χ0) is 16.7. The second kappa shape index (κ2) is 8.16. The molecule has 23 heavy (non-hydrogen) atoms. The van der Waals surface area contributed by atoms with Crippen LogP contribution in [0.15, 0.2) is 42.5 Å². The molecule has 0 aliphatic heterocycles. The van der Waals surface area contributed by atoms with Gasteiger partial charge in [-0.15, -0.1) is 0 Å². The van der Waals surface area contributed by atoms with Gasteiger partial charge in [-0.25, -0.2) is 4.39 Å². The normalized spacial score (nSPS) is 11.6. The van der Waals surface area contributed by atoms with E-state index in [9.17, 15) is 9.50 Å². The summed E-state index contributed by atoms with van der Waals surface area (Å²) in [6.45, 7) is 1.81. The van der Waals surface area contributed by atoms with Gasteiger partial charge in [-0.3, -0.25) is 0 Å². The van der Waals surface area contributed by atoms with Crippen molar-refractivity contribution in [2.45, 2.75) is 19.4 Å². The van der Waals surface area contributed by atoms with E-state index in [-0.39, 0.29) is 19.0 Å². The van der Waals surface area contributed by atoms with Gasteiger partial charge in [0.05, 0.1) is 12.5 Å². The number of halogens is 1. The minimum absolute atomic E-state index is 0.0328. The molecule has 0 radical (unpaired) electrons. The number of nitriles is 1. The first kappa shape index (κ1) is 16.8. The van der Waals surface area contributed by atoms with Crippen molar-refractivity contribution in [2.75, 3.05) is 13.2 Å². The van der Waals surface area contributed by atoms with Crippen LogP contribution >= 0.6 is 0 Å². The number of hydrogen-bond donors (Lipinski definition) is 1. The SMILES string of the molecule is Cc1ccc(F)c(OCC(O)COc2ccc(CC#N)cc2)c1. The topological polar surface area (TPSA) is 62.5 Å². The summed E-state index contributed by atoms with van der Waals surface area (Å²) in [4.78, 5) is 0. The Kier molecular flexibility index (Phi) is 5.95. The summed E-state index contributed by atoms with van der Waals surface area (Å²) in [6.07, 6.45) is -0.535. The van der Waals surface area contributed by atoms with Gasteiger partial charge in [0, 0.05) is 0 Å². The quantitative estimate of drug-likeness (QED) is 0.853. The molecule has 0 aromatic heterocycles.